The fourth-order valence-corrected chi connectivity index (χ4v) is 1.77. The summed E-state index contributed by atoms with van der Waals surface area (Å²) in [5.74, 6) is -0.507. The van der Waals surface area contributed by atoms with Crippen LogP contribution in [0.2, 0.25) is 0 Å². The highest BCUT2D eigenvalue weighted by Gasteiger charge is 2.28. The quantitative estimate of drug-likeness (QED) is 0.863. The molecule has 1 rings (SSSR count). The van der Waals surface area contributed by atoms with E-state index in [-0.39, 0.29) is 6.42 Å². The molecule has 1 atom stereocenters. The van der Waals surface area contributed by atoms with Crippen LogP contribution in [0.25, 0.3) is 0 Å². The van der Waals surface area contributed by atoms with E-state index in [0.717, 1.165) is 5.56 Å². The first-order valence-electron chi connectivity index (χ1n) is 7.57. The van der Waals surface area contributed by atoms with E-state index in [0.29, 0.717) is 0 Å². The zero-order chi connectivity index (χ0) is 17.7. The predicted octanol–water partition coefficient (Wildman–Crippen LogP) is 2.86. The molecule has 0 radical (unpaired) electrons. The van der Waals surface area contributed by atoms with Crippen LogP contribution in [0.4, 0.5) is 4.79 Å². The van der Waals surface area contributed by atoms with Crippen LogP contribution in [0.3, 0.4) is 0 Å². The molecule has 0 aliphatic heterocycles. The van der Waals surface area contributed by atoms with E-state index in [2.05, 4.69) is 10.3 Å². The molecule has 0 spiro atoms. The van der Waals surface area contributed by atoms with Gasteiger partial charge in [0.15, 0.2) is 0 Å². The molecule has 0 aliphatic rings. The number of hydrogen-bond acceptors (Lipinski definition) is 5. The highest BCUT2D eigenvalue weighted by molar-refractivity contribution is 5.82. The van der Waals surface area contributed by atoms with Crippen molar-refractivity contribution in [3.05, 3.63) is 30.1 Å². The van der Waals surface area contributed by atoms with Crippen molar-refractivity contribution in [2.45, 2.75) is 65.2 Å². The SMILES string of the molecule is CC(C)(C)OC(=O)N[C@@H](Cc1cccnc1)C(=O)OC(C)(C)C. The Bertz CT molecular complexity index is 530. The molecule has 0 aliphatic carbocycles. The lowest BCUT2D eigenvalue weighted by Crippen LogP contribution is -2.47. The van der Waals surface area contributed by atoms with Crippen molar-refractivity contribution in [1.82, 2.24) is 10.3 Å². The van der Waals surface area contributed by atoms with Crippen LogP contribution in [-0.2, 0) is 20.7 Å². The van der Waals surface area contributed by atoms with Crippen molar-refractivity contribution in [2.75, 3.05) is 0 Å². The first-order valence-corrected chi connectivity index (χ1v) is 7.57. The summed E-state index contributed by atoms with van der Waals surface area (Å²) in [5.41, 5.74) is -0.462. The summed E-state index contributed by atoms with van der Waals surface area (Å²) >= 11 is 0. The van der Waals surface area contributed by atoms with Gasteiger partial charge >= 0.3 is 12.1 Å². The van der Waals surface area contributed by atoms with Crippen LogP contribution in [0.5, 0.6) is 0 Å². The average molecular weight is 322 g/mol. The summed E-state index contributed by atoms with van der Waals surface area (Å²) in [7, 11) is 0. The Morgan fingerprint density at radius 3 is 2.22 bits per heavy atom. The van der Waals surface area contributed by atoms with Crippen molar-refractivity contribution in [2.24, 2.45) is 0 Å². The number of nitrogens with one attached hydrogen (secondary N) is 1. The molecule has 0 saturated heterocycles. The zero-order valence-corrected chi connectivity index (χ0v) is 14.7. The van der Waals surface area contributed by atoms with Gasteiger partial charge in [0.25, 0.3) is 0 Å². The largest absolute Gasteiger partial charge is 0.458 e. The highest BCUT2D eigenvalue weighted by atomic mass is 16.6. The Balaban J connectivity index is 2.83. The fourth-order valence-electron chi connectivity index (χ4n) is 1.77. The summed E-state index contributed by atoms with van der Waals surface area (Å²) in [5, 5.41) is 2.58. The van der Waals surface area contributed by atoms with E-state index in [1.807, 2.05) is 6.07 Å². The number of pyridine rings is 1. The minimum absolute atomic E-state index is 0.280. The van der Waals surface area contributed by atoms with E-state index >= 15 is 0 Å². The van der Waals surface area contributed by atoms with E-state index in [9.17, 15) is 9.59 Å². The van der Waals surface area contributed by atoms with Gasteiger partial charge in [-0.25, -0.2) is 9.59 Å². The van der Waals surface area contributed by atoms with Crippen molar-refractivity contribution in [1.29, 1.82) is 0 Å². The van der Waals surface area contributed by atoms with E-state index < -0.39 is 29.3 Å². The van der Waals surface area contributed by atoms with Crippen molar-refractivity contribution in [3.8, 4) is 0 Å². The van der Waals surface area contributed by atoms with Gasteiger partial charge in [-0.05, 0) is 53.2 Å². The molecule has 1 N–H and O–H groups in total. The van der Waals surface area contributed by atoms with E-state index in [1.165, 1.54) is 0 Å². The Labute approximate surface area is 137 Å². The van der Waals surface area contributed by atoms with Crippen LogP contribution in [0.1, 0.15) is 47.1 Å². The molecule has 0 aromatic carbocycles. The molecule has 1 aromatic rings. The molecule has 0 fully saturated rings. The molecule has 0 saturated carbocycles. The number of carbonyl (C=O) groups excluding carboxylic acids is 2. The number of nitrogens with zero attached hydrogens (tertiary/aromatic N) is 1. The van der Waals surface area contributed by atoms with Crippen LogP contribution in [-0.4, -0.2) is 34.3 Å². The van der Waals surface area contributed by atoms with Crippen LogP contribution < -0.4 is 5.32 Å². The van der Waals surface area contributed by atoms with Crippen LogP contribution >= 0.6 is 0 Å². The van der Waals surface area contributed by atoms with Gasteiger partial charge < -0.3 is 14.8 Å². The maximum atomic E-state index is 12.4. The molecule has 1 heterocycles. The Morgan fingerprint density at radius 1 is 1.13 bits per heavy atom. The second kappa shape index (κ2) is 7.44. The number of alkyl carbamates (subject to hydrolysis) is 1. The first kappa shape index (κ1) is 18.9. The molecular weight excluding hydrogens is 296 g/mol. The number of aromatic nitrogens is 1. The summed E-state index contributed by atoms with van der Waals surface area (Å²) in [6.07, 6.45) is 2.92. The van der Waals surface area contributed by atoms with Gasteiger partial charge in [0, 0.05) is 18.8 Å². The second-order valence-corrected chi connectivity index (χ2v) is 7.30. The topological polar surface area (TPSA) is 77.5 Å². The number of ether oxygens (including phenoxy) is 2. The lowest BCUT2D eigenvalue weighted by molar-refractivity contribution is -0.157. The Morgan fingerprint density at radius 2 is 1.74 bits per heavy atom. The minimum atomic E-state index is -0.840. The summed E-state index contributed by atoms with van der Waals surface area (Å²) in [6.45, 7) is 10.6. The van der Waals surface area contributed by atoms with Crippen molar-refractivity contribution < 1.29 is 19.1 Å². The molecule has 6 nitrogen and oxygen atoms in total. The molecule has 23 heavy (non-hydrogen) atoms. The Hall–Kier alpha value is -2.11. The monoisotopic (exact) mass is 322 g/mol. The van der Waals surface area contributed by atoms with Crippen LogP contribution in [0, 0.1) is 0 Å². The summed E-state index contributed by atoms with van der Waals surface area (Å²) in [6, 6.07) is 2.77. The van der Waals surface area contributed by atoms with Gasteiger partial charge in [-0.3, -0.25) is 4.98 Å². The molecule has 6 heteroatoms. The van der Waals surface area contributed by atoms with Gasteiger partial charge in [-0.1, -0.05) is 6.07 Å². The smallest absolute Gasteiger partial charge is 0.408 e. The average Bonchev–Trinajstić information content (AvgIpc) is 2.34. The molecule has 1 amide bonds. The van der Waals surface area contributed by atoms with Gasteiger partial charge in [0.1, 0.15) is 17.2 Å². The number of amides is 1. The van der Waals surface area contributed by atoms with Gasteiger partial charge in [0.2, 0.25) is 0 Å². The van der Waals surface area contributed by atoms with Gasteiger partial charge in [-0.15, -0.1) is 0 Å². The third kappa shape index (κ3) is 8.18. The zero-order valence-electron chi connectivity index (χ0n) is 14.7. The summed E-state index contributed by atoms with van der Waals surface area (Å²) in [4.78, 5) is 28.3. The minimum Gasteiger partial charge on any atom is -0.458 e. The van der Waals surface area contributed by atoms with Gasteiger partial charge in [-0.2, -0.15) is 0 Å². The van der Waals surface area contributed by atoms with Crippen LogP contribution in [0.15, 0.2) is 24.5 Å². The third-order valence-corrected chi connectivity index (χ3v) is 2.54. The van der Waals surface area contributed by atoms with Crippen molar-refractivity contribution in [3.63, 3.8) is 0 Å². The van der Waals surface area contributed by atoms with Gasteiger partial charge in [0.05, 0.1) is 0 Å². The fraction of sp³-hybridized carbons (Fsp3) is 0.588. The number of carbonyl (C=O) groups is 2. The van der Waals surface area contributed by atoms with E-state index in [4.69, 9.17) is 9.47 Å². The molecular formula is C17H26N2O4. The Kier molecular flexibility index (Phi) is 6.12. The number of rotatable bonds is 4. The second-order valence-electron chi connectivity index (χ2n) is 7.30. The lowest BCUT2D eigenvalue weighted by atomic mass is 10.1. The normalized spacial score (nSPS) is 13.1. The standard InChI is InChI=1S/C17H26N2O4/c1-16(2,3)22-14(20)13(10-12-8-7-9-18-11-12)19-15(21)23-17(4,5)6/h7-9,11,13H,10H2,1-6H3,(H,19,21)/t13-/m0/s1. The molecule has 0 unspecified atom stereocenters. The number of hydrogen-bond donors (Lipinski definition) is 1. The van der Waals surface area contributed by atoms with E-state index in [1.54, 1.807) is 60.0 Å². The maximum absolute atomic E-state index is 12.4. The predicted molar refractivity (Wildman–Crippen MR) is 86.9 cm³/mol. The van der Waals surface area contributed by atoms with Crippen molar-refractivity contribution >= 4 is 12.1 Å². The lowest BCUT2D eigenvalue weighted by Gasteiger charge is -2.26. The highest BCUT2D eigenvalue weighted by Crippen LogP contribution is 2.12. The summed E-state index contributed by atoms with van der Waals surface area (Å²) < 4.78 is 10.6. The molecule has 1 aromatic heterocycles. The molecule has 0 bridgehead atoms. The molecule has 128 valence electrons. The maximum Gasteiger partial charge on any atom is 0.408 e. The number of esters is 1. The first-order chi connectivity index (χ1) is 10.5. The third-order valence-electron chi connectivity index (χ3n) is 2.54.